The van der Waals surface area contributed by atoms with Crippen LogP contribution in [0.4, 0.5) is 0 Å². The molecule has 0 heterocycles. The summed E-state index contributed by atoms with van der Waals surface area (Å²) in [5.74, 6) is 0.788. The third-order valence-electron chi connectivity index (χ3n) is 3.51. The van der Waals surface area contributed by atoms with Gasteiger partial charge in [0, 0.05) is 16.7 Å². The van der Waals surface area contributed by atoms with Crippen molar-refractivity contribution in [2.75, 3.05) is 13.2 Å². The van der Waals surface area contributed by atoms with Crippen LogP contribution < -0.4 is 15.2 Å². The summed E-state index contributed by atoms with van der Waals surface area (Å²) in [4.78, 5) is 11.9. The molecule has 120 valence electrons. The van der Waals surface area contributed by atoms with Crippen molar-refractivity contribution in [1.82, 2.24) is 0 Å². The van der Waals surface area contributed by atoms with Gasteiger partial charge < -0.3 is 15.2 Å². The number of primary amides is 1. The molecule has 1 amide bonds. The van der Waals surface area contributed by atoms with Crippen LogP contribution in [0.3, 0.4) is 0 Å². The van der Waals surface area contributed by atoms with E-state index in [0.29, 0.717) is 42.3 Å². The summed E-state index contributed by atoms with van der Waals surface area (Å²) in [6.07, 6.45) is 4.76. The molecular formula is C18H25NO3. The van der Waals surface area contributed by atoms with E-state index in [2.05, 4.69) is 13.2 Å². The molecule has 4 nitrogen and oxygen atoms in total. The molecule has 0 aliphatic rings. The Hall–Kier alpha value is -2.23. The quantitative estimate of drug-likeness (QED) is 0.712. The zero-order chi connectivity index (χ0) is 16.7. The van der Waals surface area contributed by atoms with E-state index in [0.717, 1.165) is 17.5 Å². The molecule has 0 bridgehead atoms. The van der Waals surface area contributed by atoms with Crippen LogP contribution in [0.1, 0.15) is 40.9 Å². The first-order chi connectivity index (χ1) is 10.5. The number of rotatable bonds is 9. The van der Waals surface area contributed by atoms with Crippen LogP contribution >= 0.6 is 0 Å². The van der Waals surface area contributed by atoms with Crippen LogP contribution in [0.2, 0.25) is 0 Å². The van der Waals surface area contributed by atoms with E-state index in [1.807, 2.05) is 20.8 Å². The van der Waals surface area contributed by atoms with Crippen molar-refractivity contribution in [3.05, 3.63) is 47.6 Å². The average Bonchev–Trinajstić information content (AvgIpc) is 2.50. The molecule has 1 aromatic rings. The van der Waals surface area contributed by atoms with Crippen LogP contribution in [-0.4, -0.2) is 19.1 Å². The monoisotopic (exact) mass is 303 g/mol. The highest BCUT2D eigenvalue weighted by Gasteiger charge is 2.24. The summed E-state index contributed by atoms with van der Waals surface area (Å²) in [6, 6.07) is 0. The standard InChI is InChI=1S/C18H25NO3/c1-6-10-21-16-12(5)15(18(19)20)13(8-3)14(9-4)17(16)22-11-7-2/h6-7H,1-2,8-11H2,3-5H3,(H2,19,20). The Morgan fingerprint density at radius 1 is 1.05 bits per heavy atom. The number of benzene rings is 1. The fourth-order valence-corrected chi connectivity index (χ4v) is 2.64. The first-order valence-corrected chi connectivity index (χ1v) is 7.48. The van der Waals surface area contributed by atoms with E-state index in [1.165, 1.54) is 0 Å². The molecule has 22 heavy (non-hydrogen) atoms. The summed E-state index contributed by atoms with van der Waals surface area (Å²) < 4.78 is 11.6. The predicted molar refractivity (Wildman–Crippen MR) is 89.8 cm³/mol. The minimum atomic E-state index is -0.442. The topological polar surface area (TPSA) is 61.5 Å². The maximum absolute atomic E-state index is 11.9. The molecule has 1 aromatic carbocycles. The van der Waals surface area contributed by atoms with Crippen molar-refractivity contribution in [3.63, 3.8) is 0 Å². The Bertz CT molecular complexity index is 576. The fourth-order valence-electron chi connectivity index (χ4n) is 2.64. The molecular weight excluding hydrogens is 278 g/mol. The third kappa shape index (κ3) is 3.50. The maximum atomic E-state index is 11.9. The molecule has 0 fully saturated rings. The summed E-state index contributed by atoms with van der Waals surface area (Å²) >= 11 is 0. The second-order valence-corrected chi connectivity index (χ2v) is 4.89. The van der Waals surface area contributed by atoms with Gasteiger partial charge in [-0.15, -0.1) is 0 Å². The highest BCUT2D eigenvalue weighted by molar-refractivity contribution is 5.97. The molecule has 0 aromatic heterocycles. The Morgan fingerprint density at radius 3 is 1.95 bits per heavy atom. The maximum Gasteiger partial charge on any atom is 0.249 e. The molecule has 0 radical (unpaired) electrons. The second-order valence-electron chi connectivity index (χ2n) is 4.89. The molecule has 4 heteroatoms. The van der Waals surface area contributed by atoms with E-state index >= 15 is 0 Å². The normalized spacial score (nSPS) is 10.1. The van der Waals surface area contributed by atoms with Crippen molar-refractivity contribution in [3.8, 4) is 11.5 Å². The van der Waals surface area contributed by atoms with Crippen LogP contribution in [-0.2, 0) is 12.8 Å². The highest BCUT2D eigenvalue weighted by Crippen LogP contribution is 2.40. The molecule has 0 saturated carbocycles. The van der Waals surface area contributed by atoms with Crippen molar-refractivity contribution in [2.45, 2.75) is 33.6 Å². The van der Waals surface area contributed by atoms with Crippen LogP contribution in [0, 0.1) is 6.92 Å². The lowest BCUT2D eigenvalue weighted by Gasteiger charge is -2.22. The third-order valence-corrected chi connectivity index (χ3v) is 3.51. The van der Waals surface area contributed by atoms with Gasteiger partial charge in [0.1, 0.15) is 13.2 Å². The van der Waals surface area contributed by atoms with Gasteiger partial charge >= 0.3 is 0 Å². The van der Waals surface area contributed by atoms with Gasteiger partial charge in [-0.2, -0.15) is 0 Å². The van der Waals surface area contributed by atoms with Crippen molar-refractivity contribution in [1.29, 1.82) is 0 Å². The average molecular weight is 303 g/mol. The second kappa shape index (κ2) is 8.27. The number of amides is 1. The minimum absolute atomic E-state index is 0.331. The Labute approximate surface area is 132 Å². The molecule has 0 spiro atoms. The first-order valence-electron chi connectivity index (χ1n) is 7.48. The number of hydrogen-bond acceptors (Lipinski definition) is 3. The minimum Gasteiger partial charge on any atom is -0.485 e. The largest absolute Gasteiger partial charge is 0.485 e. The summed E-state index contributed by atoms with van der Waals surface area (Å²) in [7, 11) is 0. The zero-order valence-electron chi connectivity index (χ0n) is 13.7. The molecule has 0 atom stereocenters. The van der Waals surface area contributed by atoms with E-state index < -0.39 is 5.91 Å². The van der Waals surface area contributed by atoms with Gasteiger partial charge in [0.05, 0.1) is 0 Å². The smallest absolute Gasteiger partial charge is 0.249 e. The molecule has 2 N–H and O–H groups in total. The van der Waals surface area contributed by atoms with Gasteiger partial charge in [0.15, 0.2) is 11.5 Å². The predicted octanol–water partition coefficient (Wildman–Crippen LogP) is 3.35. The first kappa shape index (κ1) is 17.8. The highest BCUT2D eigenvalue weighted by atomic mass is 16.5. The number of carbonyl (C=O) groups is 1. The van der Waals surface area contributed by atoms with E-state index in [-0.39, 0.29) is 0 Å². The molecule has 0 saturated heterocycles. The van der Waals surface area contributed by atoms with E-state index in [9.17, 15) is 4.79 Å². The van der Waals surface area contributed by atoms with Gasteiger partial charge in [-0.3, -0.25) is 4.79 Å². The van der Waals surface area contributed by atoms with Crippen molar-refractivity contribution < 1.29 is 14.3 Å². The Kier molecular flexibility index (Phi) is 6.70. The van der Waals surface area contributed by atoms with Crippen LogP contribution in [0.5, 0.6) is 11.5 Å². The van der Waals surface area contributed by atoms with Crippen molar-refractivity contribution >= 4 is 5.91 Å². The van der Waals surface area contributed by atoms with Gasteiger partial charge in [-0.1, -0.05) is 39.2 Å². The van der Waals surface area contributed by atoms with E-state index in [4.69, 9.17) is 15.2 Å². The molecule has 0 aliphatic carbocycles. The fraction of sp³-hybridized carbons (Fsp3) is 0.389. The number of nitrogens with two attached hydrogens (primary N) is 1. The Balaban J connectivity index is 3.68. The summed E-state index contributed by atoms with van der Waals surface area (Å²) in [5, 5.41) is 0. The SMILES string of the molecule is C=CCOc1c(C)c(C(N)=O)c(CC)c(CC)c1OCC=C. The zero-order valence-corrected chi connectivity index (χ0v) is 13.7. The number of ether oxygens (including phenoxy) is 2. The van der Waals surface area contributed by atoms with Gasteiger partial charge in [0.25, 0.3) is 0 Å². The summed E-state index contributed by atoms with van der Waals surface area (Å²) in [5.41, 5.74) is 8.72. The molecule has 1 rings (SSSR count). The lowest BCUT2D eigenvalue weighted by atomic mass is 9.91. The van der Waals surface area contributed by atoms with Gasteiger partial charge in [0.2, 0.25) is 5.91 Å². The van der Waals surface area contributed by atoms with Gasteiger partial charge in [-0.05, 0) is 25.3 Å². The number of hydrogen-bond donors (Lipinski definition) is 1. The van der Waals surface area contributed by atoms with Crippen LogP contribution in [0.15, 0.2) is 25.3 Å². The Morgan fingerprint density at radius 2 is 1.55 bits per heavy atom. The number of carbonyl (C=O) groups excluding carboxylic acids is 1. The van der Waals surface area contributed by atoms with Crippen molar-refractivity contribution in [2.24, 2.45) is 5.73 Å². The molecule has 0 aliphatic heterocycles. The van der Waals surface area contributed by atoms with E-state index in [1.54, 1.807) is 12.2 Å². The lowest BCUT2D eigenvalue weighted by molar-refractivity contribution is 0.0998. The molecule has 0 unspecified atom stereocenters. The summed E-state index contributed by atoms with van der Waals surface area (Å²) in [6.45, 7) is 13.9. The lowest BCUT2D eigenvalue weighted by Crippen LogP contribution is -2.19. The van der Waals surface area contributed by atoms with Gasteiger partial charge in [-0.25, -0.2) is 0 Å². The van der Waals surface area contributed by atoms with Crippen LogP contribution in [0.25, 0.3) is 0 Å².